The molecular formula is C17H18Cl2N2O2. The Balaban J connectivity index is 1.78. The fourth-order valence-electron chi connectivity index (χ4n) is 2.01. The van der Waals surface area contributed by atoms with Gasteiger partial charge in [0.1, 0.15) is 12.4 Å². The minimum Gasteiger partial charge on any atom is -0.491 e. The number of ether oxygens (including phenoxy) is 1. The monoisotopic (exact) mass is 352 g/mol. The minimum absolute atomic E-state index is 0.299. The van der Waals surface area contributed by atoms with Gasteiger partial charge in [-0.05, 0) is 55.3 Å². The summed E-state index contributed by atoms with van der Waals surface area (Å²) in [7, 11) is 0. The number of carbonyl (C=O) groups excluding carboxylic acids is 1. The third-order valence-electron chi connectivity index (χ3n) is 3.30. The van der Waals surface area contributed by atoms with Crippen molar-refractivity contribution in [1.82, 2.24) is 5.32 Å². The van der Waals surface area contributed by atoms with Crippen molar-refractivity contribution >= 4 is 34.9 Å². The van der Waals surface area contributed by atoms with Crippen molar-refractivity contribution in [3.05, 3.63) is 57.6 Å². The molecule has 2 aromatic carbocycles. The number of benzene rings is 2. The second-order valence-corrected chi connectivity index (χ2v) is 5.90. The Morgan fingerprint density at radius 1 is 1.17 bits per heavy atom. The van der Waals surface area contributed by atoms with Gasteiger partial charge in [-0.3, -0.25) is 0 Å². The lowest BCUT2D eigenvalue weighted by Crippen LogP contribution is -2.32. The molecule has 2 rings (SSSR count). The van der Waals surface area contributed by atoms with Gasteiger partial charge in [-0.2, -0.15) is 0 Å². The van der Waals surface area contributed by atoms with Gasteiger partial charge in [0.25, 0.3) is 0 Å². The molecule has 0 bridgehead atoms. The number of halogens is 2. The van der Waals surface area contributed by atoms with E-state index in [1.54, 1.807) is 24.3 Å². The number of hydrogen-bond donors (Lipinski definition) is 2. The van der Waals surface area contributed by atoms with Crippen LogP contribution in [-0.2, 0) is 0 Å². The highest BCUT2D eigenvalue weighted by molar-refractivity contribution is 6.31. The molecule has 0 aliphatic carbocycles. The standard InChI is InChI=1S/C17H18Cl2N2O2/c1-11-10-13(18)6-7-16(11)23-9-8-20-17(22)21-15-5-3-4-14(19)12(15)2/h3-7,10H,8-9H2,1-2H3,(H2,20,21,22). The molecule has 2 N–H and O–H groups in total. The van der Waals surface area contributed by atoms with Crippen molar-refractivity contribution in [2.75, 3.05) is 18.5 Å². The van der Waals surface area contributed by atoms with Crippen LogP contribution in [0.4, 0.5) is 10.5 Å². The third-order valence-corrected chi connectivity index (χ3v) is 3.94. The molecule has 0 aromatic heterocycles. The zero-order valence-corrected chi connectivity index (χ0v) is 14.5. The number of hydrogen-bond acceptors (Lipinski definition) is 2. The molecule has 0 radical (unpaired) electrons. The van der Waals surface area contributed by atoms with Gasteiger partial charge in [0, 0.05) is 15.7 Å². The lowest BCUT2D eigenvalue weighted by atomic mass is 10.2. The molecule has 2 amide bonds. The Kier molecular flexibility index (Phi) is 6.13. The van der Waals surface area contributed by atoms with Crippen LogP contribution in [-0.4, -0.2) is 19.2 Å². The maximum atomic E-state index is 11.9. The Morgan fingerprint density at radius 3 is 2.70 bits per heavy atom. The molecule has 0 spiro atoms. The first kappa shape index (κ1) is 17.4. The normalized spacial score (nSPS) is 10.3. The number of carbonyl (C=O) groups is 1. The molecule has 0 atom stereocenters. The van der Waals surface area contributed by atoms with Gasteiger partial charge in [-0.25, -0.2) is 4.79 Å². The summed E-state index contributed by atoms with van der Waals surface area (Å²) in [4.78, 5) is 11.9. The lowest BCUT2D eigenvalue weighted by Gasteiger charge is -2.12. The fraction of sp³-hybridized carbons (Fsp3) is 0.235. The molecule has 6 heteroatoms. The Morgan fingerprint density at radius 2 is 1.96 bits per heavy atom. The molecule has 0 aliphatic heterocycles. The van der Waals surface area contributed by atoms with E-state index in [0.717, 1.165) is 16.9 Å². The van der Waals surface area contributed by atoms with Crippen molar-refractivity contribution < 1.29 is 9.53 Å². The molecular weight excluding hydrogens is 335 g/mol. The zero-order chi connectivity index (χ0) is 16.8. The Labute approximate surface area is 145 Å². The largest absolute Gasteiger partial charge is 0.491 e. The summed E-state index contributed by atoms with van der Waals surface area (Å²) in [5.41, 5.74) is 2.47. The van der Waals surface area contributed by atoms with Gasteiger partial charge >= 0.3 is 6.03 Å². The van der Waals surface area contributed by atoms with E-state index in [4.69, 9.17) is 27.9 Å². The number of amides is 2. The van der Waals surface area contributed by atoms with Crippen LogP contribution in [0.3, 0.4) is 0 Å². The minimum atomic E-state index is -0.299. The van der Waals surface area contributed by atoms with Gasteiger partial charge < -0.3 is 15.4 Å². The van der Waals surface area contributed by atoms with E-state index in [-0.39, 0.29) is 6.03 Å². The predicted octanol–water partition coefficient (Wildman–Crippen LogP) is 4.81. The Hall–Kier alpha value is -1.91. The Bertz CT molecular complexity index is 705. The average molecular weight is 353 g/mol. The van der Waals surface area contributed by atoms with Gasteiger partial charge in [0.2, 0.25) is 0 Å². The predicted molar refractivity (Wildman–Crippen MR) is 94.9 cm³/mol. The highest BCUT2D eigenvalue weighted by Crippen LogP contribution is 2.23. The number of anilines is 1. The molecule has 0 aliphatic rings. The fourth-order valence-corrected chi connectivity index (χ4v) is 2.41. The van der Waals surface area contributed by atoms with Crippen molar-refractivity contribution in [3.63, 3.8) is 0 Å². The highest BCUT2D eigenvalue weighted by Gasteiger charge is 2.06. The van der Waals surface area contributed by atoms with Crippen molar-refractivity contribution in [2.24, 2.45) is 0 Å². The van der Waals surface area contributed by atoms with Crippen LogP contribution in [0.1, 0.15) is 11.1 Å². The first-order chi connectivity index (χ1) is 11.0. The molecule has 0 saturated carbocycles. The molecule has 0 saturated heterocycles. The number of nitrogens with one attached hydrogen (secondary N) is 2. The van der Waals surface area contributed by atoms with E-state index in [9.17, 15) is 4.79 Å². The molecule has 4 nitrogen and oxygen atoms in total. The molecule has 2 aromatic rings. The van der Waals surface area contributed by atoms with E-state index in [2.05, 4.69) is 10.6 Å². The molecule has 0 unspecified atom stereocenters. The molecule has 0 fully saturated rings. The van der Waals surface area contributed by atoms with Gasteiger partial charge in [-0.15, -0.1) is 0 Å². The van der Waals surface area contributed by atoms with E-state index in [1.807, 2.05) is 26.0 Å². The van der Waals surface area contributed by atoms with Crippen LogP contribution in [0.5, 0.6) is 5.75 Å². The molecule has 23 heavy (non-hydrogen) atoms. The zero-order valence-electron chi connectivity index (χ0n) is 13.0. The van der Waals surface area contributed by atoms with E-state index >= 15 is 0 Å². The van der Waals surface area contributed by atoms with Crippen LogP contribution in [0.25, 0.3) is 0 Å². The smallest absolute Gasteiger partial charge is 0.319 e. The van der Waals surface area contributed by atoms with Gasteiger partial charge in [0.15, 0.2) is 0 Å². The first-order valence-corrected chi connectivity index (χ1v) is 7.92. The quantitative estimate of drug-likeness (QED) is 0.758. The SMILES string of the molecule is Cc1cc(Cl)ccc1OCCNC(=O)Nc1cccc(Cl)c1C. The summed E-state index contributed by atoms with van der Waals surface area (Å²) in [6.45, 7) is 4.52. The van der Waals surface area contributed by atoms with Crippen LogP contribution < -0.4 is 15.4 Å². The topological polar surface area (TPSA) is 50.4 Å². The van der Waals surface area contributed by atoms with Gasteiger partial charge in [0.05, 0.1) is 6.54 Å². The van der Waals surface area contributed by atoms with Crippen molar-refractivity contribution in [3.8, 4) is 5.75 Å². The van der Waals surface area contributed by atoms with Crippen LogP contribution in [0, 0.1) is 13.8 Å². The summed E-state index contributed by atoms with van der Waals surface area (Å²) < 4.78 is 5.61. The third kappa shape index (κ3) is 5.05. The summed E-state index contributed by atoms with van der Waals surface area (Å²) in [5.74, 6) is 0.752. The van der Waals surface area contributed by atoms with Crippen LogP contribution in [0.15, 0.2) is 36.4 Å². The molecule has 122 valence electrons. The summed E-state index contributed by atoms with van der Waals surface area (Å²) in [6, 6.07) is 10.5. The van der Waals surface area contributed by atoms with E-state index in [1.165, 1.54) is 0 Å². The van der Waals surface area contributed by atoms with Crippen molar-refractivity contribution in [1.29, 1.82) is 0 Å². The van der Waals surface area contributed by atoms with Crippen LogP contribution >= 0.6 is 23.2 Å². The van der Waals surface area contributed by atoms with Crippen LogP contribution in [0.2, 0.25) is 10.0 Å². The van der Waals surface area contributed by atoms with Gasteiger partial charge in [-0.1, -0.05) is 29.3 Å². The van der Waals surface area contributed by atoms with E-state index < -0.39 is 0 Å². The summed E-state index contributed by atoms with van der Waals surface area (Å²) in [5, 5.41) is 6.78. The lowest BCUT2D eigenvalue weighted by molar-refractivity contribution is 0.247. The molecule has 0 heterocycles. The number of urea groups is 1. The van der Waals surface area contributed by atoms with Crippen molar-refractivity contribution in [2.45, 2.75) is 13.8 Å². The van der Waals surface area contributed by atoms with E-state index in [0.29, 0.717) is 28.9 Å². The number of aryl methyl sites for hydroxylation is 1. The maximum absolute atomic E-state index is 11.9. The number of rotatable bonds is 5. The average Bonchev–Trinajstić information content (AvgIpc) is 2.50. The maximum Gasteiger partial charge on any atom is 0.319 e. The summed E-state index contributed by atoms with van der Waals surface area (Å²) in [6.07, 6.45) is 0. The summed E-state index contributed by atoms with van der Waals surface area (Å²) >= 11 is 11.9. The first-order valence-electron chi connectivity index (χ1n) is 7.16. The second kappa shape index (κ2) is 8.09. The highest BCUT2D eigenvalue weighted by atomic mass is 35.5. The second-order valence-electron chi connectivity index (χ2n) is 5.05.